The number of rotatable bonds is 4. The van der Waals surface area contributed by atoms with Gasteiger partial charge in [-0.05, 0) is 80.0 Å². The first-order valence-corrected chi connectivity index (χ1v) is 13.1. The maximum absolute atomic E-state index is 11.8. The average Bonchev–Trinajstić information content (AvgIpc) is 2.72. The van der Waals surface area contributed by atoms with Gasteiger partial charge in [0.15, 0.2) is 0 Å². The summed E-state index contributed by atoms with van der Waals surface area (Å²) in [6.07, 6.45) is 8.27. The predicted octanol–water partition coefficient (Wildman–Crippen LogP) is 4.16. The molecule has 0 unspecified atom stereocenters. The summed E-state index contributed by atoms with van der Waals surface area (Å²) in [5.41, 5.74) is 5.66. The van der Waals surface area contributed by atoms with E-state index >= 15 is 0 Å². The van der Waals surface area contributed by atoms with Gasteiger partial charge >= 0.3 is 0 Å². The highest BCUT2D eigenvalue weighted by atomic mass is 32.2. The van der Waals surface area contributed by atoms with Gasteiger partial charge in [-0.3, -0.25) is 4.72 Å². The molecule has 0 amide bonds. The summed E-state index contributed by atoms with van der Waals surface area (Å²) in [4.78, 5) is 0. The summed E-state index contributed by atoms with van der Waals surface area (Å²) in [6.45, 7) is 3.12. The molecular weight excluding hydrogens is 410 g/mol. The molecule has 31 heavy (non-hydrogen) atoms. The molecule has 3 atom stereocenters. The van der Waals surface area contributed by atoms with Crippen molar-refractivity contribution in [2.75, 3.05) is 22.8 Å². The van der Waals surface area contributed by atoms with Crippen molar-refractivity contribution in [1.29, 1.82) is 0 Å². The van der Waals surface area contributed by atoms with Gasteiger partial charge in [-0.2, -0.15) is 0 Å². The van der Waals surface area contributed by atoms with Crippen molar-refractivity contribution in [3.63, 3.8) is 0 Å². The Morgan fingerprint density at radius 3 is 2.71 bits per heavy atom. The zero-order chi connectivity index (χ0) is 21.8. The number of hydrogen-bond acceptors (Lipinski definition) is 5. The quantitative estimate of drug-likeness (QED) is 0.535. The minimum Gasteiger partial charge on any atom is -0.506 e. The van der Waals surface area contributed by atoms with Crippen molar-refractivity contribution < 1.29 is 13.5 Å². The molecular formula is C24H31N3O3S. The number of hydrogen-bond donors (Lipinski definition) is 4. The fourth-order valence-electron chi connectivity index (χ4n) is 6.41. The summed E-state index contributed by atoms with van der Waals surface area (Å²) >= 11 is 0. The number of anilines is 3. The van der Waals surface area contributed by atoms with Crippen molar-refractivity contribution in [2.24, 2.45) is 5.92 Å². The van der Waals surface area contributed by atoms with Gasteiger partial charge in [-0.25, -0.2) is 8.42 Å². The van der Waals surface area contributed by atoms with E-state index in [0.29, 0.717) is 29.0 Å². The monoisotopic (exact) mass is 441 g/mol. The van der Waals surface area contributed by atoms with Crippen molar-refractivity contribution in [3.8, 4) is 5.75 Å². The van der Waals surface area contributed by atoms with Gasteiger partial charge < -0.3 is 15.7 Å². The fourth-order valence-corrected chi connectivity index (χ4v) is 6.99. The normalized spacial score (nSPS) is 27.2. The number of phenols is 1. The van der Waals surface area contributed by atoms with Crippen LogP contribution in [-0.2, 0) is 21.9 Å². The molecule has 2 bridgehead atoms. The molecule has 7 heteroatoms. The van der Waals surface area contributed by atoms with Crippen molar-refractivity contribution in [1.82, 2.24) is 5.32 Å². The number of nitrogens with one attached hydrogen (secondary N) is 3. The number of fused-ring (bicyclic) bond motifs is 1. The largest absolute Gasteiger partial charge is 0.506 e. The van der Waals surface area contributed by atoms with Gasteiger partial charge in [0, 0.05) is 11.5 Å². The third-order valence-corrected chi connectivity index (χ3v) is 8.28. The average molecular weight is 442 g/mol. The zero-order valence-corrected chi connectivity index (χ0v) is 19.0. The number of para-hydroxylation sites is 2. The van der Waals surface area contributed by atoms with E-state index in [0.717, 1.165) is 31.2 Å². The molecule has 0 radical (unpaired) electrons. The number of benzene rings is 2. The predicted molar refractivity (Wildman–Crippen MR) is 125 cm³/mol. The molecule has 6 nitrogen and oxygen atoms in total. The second kappa shape index (κ2) is 7.41. The Kier molecular flexibility index (Phi) is 4.94. The van der Waals surface area contributed by atoms with Crippen LogP contribution in [0.1, 0.15) is 48.8 Å². The van der Waals surface area contributed by atoms with E-state index in [1.165, 1.54) is 36.8 Å². The van der Waals surface area contributed by atoms with Crippen LogP contribution in [0.2, 0.25) is 0 Å². The summed E-state index contributed by atoms with van der Waals surface area (Å²) < 4.78 is 26.1. The zero-order valence-electron chi connectivity index (χ0n) is 18.2. The van der Waals surface area contributed by atoms with Gasteiger partial charge in [-0.15, -0.1) is 0 Å². The van der Waals surface area contributed by atoms with Crippen LogP contribution in [0.3, 0.4) is 0 Å². The van der Waals surface area contributed by atoms with E-state index in [-0.39, 0.29) is 11.2 Å². The maximum atomic E-state index is 11.8. The Hall–Kier alpha value is -2.25. The van der Waals surface area contributed by atoms with Gasteiger partial charge in [0.05, 0.1) is 23.3 Å². The molecule has 1 aliphatic heterocycles. The molecule has 166 valence electrons. The van der Waals surface area contributed by atoms with Crippen LogP contribution in [0.4, 0.5) is 17.1 Å². The third kappa shape index (κ3) is 3.48. The molecule has 2 aromatic rings. The lowest BCUT2D eigenvalue weighted by molar-refractivity contribution is 0.0793. The van der Waals surface area contributed by atoms with E-state index in [1.54, 1.807) is 12.1 Å². The number of sulfonamides is 1. The first kappa shape index (κ1) is 20.6. The Morgan fingerprint density at radius 1 is 1.16 bits per heavy atom. The Morgan fingerprint density at radius 2 is 1.94 bits per heavy atom. The third-order valence-electron chi connectivity index (χ3n) is 7.69. The molecule has 2 aliphatic carbocycles. The molecule has 3 aliphatic rings. The van der Waals surface area contributed by atoms with Crippen LogP contribution in [0.5, 0.6) is 5.75 Å². The van der Waals surface area contributed by atoms with Gasteiger partial charge in [0.1, 0.15) is 5.75 Å². The van der Waals surface area contributed by atoms with Gasteiger partial charge in [0.25, 0.3) is 0 Å². The number of piperidine rings is 1. The molecule has 5 rings (SSSR count). The minimum absolute atomic E-state index is 0.179. The second-order valence-corrected chi connectivity index (χ2v) is 11.2. The maximum Gasteiger partial charge on any atom is 0.229 e. The van der Waals surface area contributed by atoms with Crippen LogP contribution in [0.25, 0.3) is 0 Å². The first-order chi connectivity index (χ1) is 14.8. The topological polar surface area (TPSA) is 90.5 Å². The number of aromatic hydroxyl groups is 1. The van der Waals surface area contributed by atoms with Crippen LogP contribution in [0, 0.1) is 12.8 Å². The van der Waals surface area contributed by atoms with Crippen LogP contribution >= 0.6 is 0 Å². The smallest absolute Gasteiger partial charge is 0.229 e. The lowest BCUT2D eigenvalue weighted by Crippen LogP contribution is -2.59. The summed E-state index contributed by atoms with van der Waals surface area (Å²) in [5.74, 6) is 0.890. The Balaban J connectivity index is 1.58. The van der Waals surface area contributed by atoms with E-state index in [2.05, 4.69) is 22.3 Å². The van der Waals surface area contributed by atoms with Crippen molar-refractivity contribution >= 4 is 27.1 Å². The minimum atomic E-state index is -3.41. The Labute approximate surface area is 184 Å². The molecule has 1 saturated carbocycles. The summed E-state index contributed by atoms with van der Waals surface area (Å²) in [6, 6.07) is 9.66. The van der Waals surface area contributed by atoms with E-state index in [4.69, 9.17) is 0 Å². The van der Waals surface area contributed by atoms with Crippen LogP contribution < -0.4 is 15.4 Å². The second-order valence-electron chi connectivity index (χ2n) is 9.49. The van der Waals surface area contributed by atoms with Crippen LogP contribution in [0.15, 0.2) is 30.3 Å². The van der Waals surface area contributed by atoms with E-state index in [9.17, 15) is 13.5 Å². The van der Waals surface area contributed by atoms with Crippen molar-refractivity contribution in [3.05, 3.63) is 47.0 Å². The fraction of sp³-hybridized carbons (Fsp3) is 0.500. The van der Waals surface area contributed by atoms with Gasteiger partial charge in [0.2, 0.25) is 10.0 Å². The molecule has 1 heterocycles. The highest BCUT2D eigenvalue weighted by molar-refractivity contribution is 7.92. The molecule has 4 N–H and O–H groups in total. The van der Waals surface area contributed by atoms with E-state index < -0.39 is 10.0 Å². The first-order valence-electron chi connectivity index (χ1n) is 11.2. The lowest BCUT2D eigenvalue weighted by Gasteiger charge is -2.56. The highest BCUT2D eigenvalue weighted by Gasteiger charge is 2.52. The number of phenolic OH excluding ortho intramolecular Hbond substituents is 1. The molecule has 0 aromatic heterocycles. The van der Waals surface area contributed by atoms with Gasteiger partial charge in [-0.1, -0.05) is 25.0 Å². The van der Waals surface area contributed by atoms with E-state index in [1.807, 2.05) is 18.2 Å². The SMILES string of the molecule is Cc1c2c(cc(O)c1Nc1ccccc1NS(C)(=O)=O)[C@]13CCCC[C@@H]1[C@H](C2)NCC3. The summed E-state index contributed by atoms with van der Waals surface area (Å²) in [7, 11) is -3.41. The molecule has 1 saturated heterocycles. The molecule has 2 aromatic carbocycles. The van der Waals surface area contributed by atoms with Crippen molar-refractivity contribution in [2.45, 2.75) is 56.9 Å². The summed E-state index contributed by atoms with van der Waals surface area (Å²) in [5, 5.41) is 18.2. The Bertz CT molecular complexity index is 1130. The lowest BCUT2D eigenvalue weighted by atomic mass is 9.52. The molecule has 2 fully saturated rings. The van der Waals surface area contributed by atoms with Crippen LogP contribution in [-0.4, -0.2) is 32.4 Å². The molecule has 0 spiro atoms. The highest BCUT2D eigenvalue weighted by Crippen LogP contribution is 2.56. The standard InChI is InChI=1S/C24H31N3O3S/c1-15-16-13-21-17-7-5-6-10-24(17,11-12-25-21)18(16)14-22(28)23(15)26-19-8-3-4-9-20(19)27-31(2,29)30/h3-4,8-9,14,17,21,25-28H,5-7,10-13H2,1-2H3/t17-,21+,24+/m1/s1.